The number of amides is 2. The fourth-order valence-electron chi connectivity index (χ4n) is 4.63. The molecule has 1 atom stereocenters. The van der Waals surface area contributed by atoms with Crippen molar-refractivity contribution >= 4 is 29.3 Å². The van der Waals surface area contributed by atoms with Crippen LogP contribution in [0.5, 0.6) is 5.75 Å². The number of carbonyl (C=O) groups is 2. The number of benzene rings is 2. The average Bonchev–Trinajstić information content (AvgIpc) is 3.31. The van der Waals surface area contributed by atoms with Crippen LogP contribution in [0.15, 0.2) is 47.3 Å². The summed E-state index contributed by atoms with van der Waals surface area (Å²) in [6, 6.07) is 11.0. The number of hydrogen-bond acceptors (Lipinski definition) is 4. The van der Waals surface area contributed by atoms with Gasteiger partial charge in [-0.1, -0.05) is 53.6 Å². The van der Waals surface area contributed by atoms with Gasteiger partial charge in [-0.3, -0.25) is 9.59 Å². The van der Waals surface area contributed by atoms with Gasteiger partial charge >= 0.3 is 12.0 Å². The van der Waals surface area contributed by atoms with Crippen LogP contribution < -0.4 is 16.2 Å². The number of urea groups is 1. The van der Waals surface area contributed by atoms with Gasteiger partial charge in [-0.05, 0) is 55.9 Å². The van der Waals surface area contributed by atoms with E-state index in [4.69, 9.17) is 11.6 Å². The lowest BCUT2D eigenvalue weighted by Gasteiger charge is -2.21. The van der Waals surface area contributed by atoms with Gasteiger partial charge in [0.15, 0.2) is 5.69 Å². The van der Waals surface area contributed by atoms with E-state index in [2.05, 4.69) is 10.6 Å². The number of nitrogens with one attached hydrogen (secondary N) is 2. The van der Waals surface area contributed by atoms with Crippen molar-refractivity contribution in [2.75, 3.05) is 5.32 Å². The number of anilines is 1. The lowest BCUT2D eigenvalue weighted by molar-refractivity contribution is -0.137. The normalized spacial score (nSPS) is 13.2. The van der Waals surface area contributed by atoms with Crippen LogP contribution in [0.25, 0.3) is 0 Å². The van der Waals surface area contributed by atoms with Crippen molar-refractivity contribution in [1.29, 1.82) is 0 Å². The van der Waals surface area contributed by atoms with E-state index in [-0.39, 0.29) is 24.4 Å². The molecule has 188 valence electrons. The molecule has 0 bridgehead atoms. The minimum absolute atomic E-state index is 0.203. The Hall–Kier alpha value is -3.78. The van der Waals surface area contributed by atoms with Gasteiger partial charge in [-0.2, -0.15) is 0 Å². The van der Waals surface area contributed by atoms with Crippen LogP contribution in [0.3, 0.4) is 0 Å². The van der Waals surface area contributed by atoms with Crippen molar-refractivity contribution in [1.82, 2.24) is 9.88 Å². The first kappa shape index (κ1) is 25.3. The van der Waals surface area contributed by atoms with Crippen LogP contribution in [-0.2, 0) is 24.2 Å². The molecule has 9 heteroatoms. The molecule has 2 amide bonds. The molecule has 1 aliphatic carbocycles. The molecule has 0 fully saturated rings. The van der Waals surface area contributed by atoms with Crippen LogP contribution in [0.2, 0.25) is 5.02 Å². The largest absolute Gasteiger partial charge is 0.505 e. The number of halogens is 1. The van der Waals surface area contributed by atoms with Crippen LogP contribution >= 0.6 is 11.6 Å². The minimum Gasteiger partial charge on any atom is -0.505 e. The molecule has 0 unspecified atom stereocenters. The third kappa shape index (κ3) is 5.23. The molecule has 1 aliphatic rings. The molecule has 2 aromatic carbocycles. The highest BCUT2D eigenvalue weighted by Gasteiger charge is 2.27. The third-order valence-corrected chi connectivity index (χ3v) is 6.92. The van der Waals surface area contributed by atoms with Gasteiger partial charge < -0.3 is 25.4 Å². The van der Waals surface area contributed by atoms with E-state index < -0.39 is 23.6 Å². The molecule has 4 N–H and O–H groups in total. The monoisotopic (exact) mass is 509 g/mol. The summed E-state index contributed by atoms with van der Waals surface area (Å²) in [5.41, 5.74) is 3.89. The molecule has 1 heterocycles. The first-order valence-corrected chi connectivity index (χ1v) is 12.1. The lowest BCUT2D eigenvalue weighted by Crippen LogP contribution is -2.37. The smallest absolute Gasteiger partial charge is 0.319 e. The molecule has 8 nitrogen and oxygen atoms in total. The molecule has 0 saturated carbocycles. The second kappa shape index (κ2) is 10.5. The van der Waals surface area contributed by atoms with Crippen LogP contribution in [0.4, 0.5) is 10.5 Å². The van der Waals surface area contributed by atoms with E-state index in [0.29, 0.717) is 29.0 Å². The van der Waals surface area contributed by atoms with Crippen molar-refractivity contribution in [3.63, 3.8) is 0 Å². The van der Waals surface area contributed by atoms with Crippen molar-refractivity contribution in [3.8, 4) is 5.75 Å². The molecule has 0 aliphatic heterocycles. The minimum atomic E-state index is -1.08. The Morgan fingerprint density at radius 2 is 1.83 bits per heavy atom. The number of nitrogens with zero attached hydrogens (tertiary/aromatic N) is 1. The third-order valence-electron chi connectivity index (χ3n) is 6.57. The first-order valence-electron chi connectivity index (χ1n) is 11.7. The van der Waals surface area contributed by atoms with Gasteiger partial charge in [0.25, 0.3) is 5.56 Å². The Morgan fingerprint density at radius 1 is 1.11 bits per heavy atom. The van der Waals surface area contributed by atoms with Crippen LogP contribution in [0.1, 0.15) is 52.4 Å². The summed E-state index contributed by atoms with van der Waals surface area (Å²) in [5, 5.41) is 25.9. The van der Waals surface area contributed by atoms with Crippen molar-refractivity contribution in [3.05, 3.63) is 91.4 Å². The van der Waals surface area contributed by atoms with E-state index in [9.17, 15) is 24.6 Å². The lowest BCUT2D eigenvalue weighted by atomic mass is 10.0. The van der Waals surface area contributed by atoms with Gasteiger partial charge in [-0.15, -0.1) is 0 Å². The summed E-state index contributed by atoms with van der Waals surface area (Å²) in [6.07, 6.45) is 1.63. The summed E-state index contributed by atoms with van der Waals surface area (Å²) in [6.45, 7) is 4.02. The molecule has 0 spiro atoms. The number of aryl methyl sites for hydroxylation is 2. The van der Waals surface area contributed by atoms with Crippen LogP contribution in [0, 0.1) is 13.8 Å². The Bertz CT molecular complexity index is 1360. The Balaban J connectivity index is 1.67. The number of aliphatic carboxylic acids is 1. The highest BCUT2D eigenvalue weighted by Crippen LogP contribution is 2.34. The van der Waals surface area contributed by atoms with E-state index in [1.165, 1.54) is 0 Å². The Kier molecular flexibility index (Phi) is 7.35. The van der Waals surface area contributed by atoms with E-state index in [1.54, 1.807) is 22.8 Å². The molecular weight excluding hydrogens is 482 g/mol. The predicted octanol–water partition coefficient (Wildman–Crippen LogP) is 4.70. The standard InChI is InChI=1S/C27H28ClN3O5/c1-15-9-11-17(12-10-15)21(13-23(32)33)29-27(36)30-24-25(34)18-6-4-8-22(18)31(26(24)35)14-19-16(2)5-3-7-20(19)28/h3,5,7,9-12,21,34H,4,6,8,13-14H2,1-2H3,(H,32,33)(H2,29,30,36)/t21-/m0/s1. The van der Waals surface area contributed by atoms with E-state index in [0.717, 1.165) is 28.8 Å². The number of carboxylic acid groups (broad SMARTS) is 1. The molecule has 1 aromatic heterocycles. The SMILES string of the molecule is Cc1ccc([C@H](CC(=O)O)NC(=O)Nc2c(O)c3c(n(Cc4c(C)cccc4Cl)c2=O)CCC3)cc1. The quantitative estimate of drug-likeness (QED) is 0.368. The number of carboxylic acids is 1. The Morgan fingerprint density at radius 3 is 2.50 bits per heavy atom. The fraction of sp³-hybridized carbons (Fsp3) is 0.296. The number of aromatic hydroxyl groups is 1. The number of hydrogen-bond donors (Lipinski definition) is 4. The van der Waals surface area contributed by atoms with Crippen LogP contribution in [-0.4, -0.2) is 26.8 Å². The summed E-state index contributed by atoms with van der Waals surface area (Å²) in [4.78, 5) is 37.9. The number of pyridine rings is 1. The summed E-state index contributed by atoms with van der Waals surface area (Å²) in [7, 11) is 0. The van der Waals surface area contributed by atoms with Gasteiger partial charge in [-0.25, -0.2) is 4.79 Å². The second-order valence-electron chi connectivity index (χ2n) is 9.09. The van der Waals surface area contributed by atoms with Gasteiger partial charge in [0.2, 0.25) is 0 Å². The zero-order valence-electron chi connectivity index (χ0n) is 20.1. The number of rotatable bonds is 7. The molecule has 0 saturated heterocycles. The maximum atomic E-state index is 13.5. The zero-order valence-corrected chi connectivity index (χ0v) is 20.9. The highest BCUT2D eigenvalue weighted by atomic mass is 35.5. The maximum absolute atomic E-state index is 13.5. The second-order valence-corrected chi connectivity index (χ2v) is 9.50. The zero-order chi connectivity index (χ0) is 26.0. The topological polar surface area (TPSA) is 121 Å². The average molecular weight is 510 g/mol. The summed E-state index contributed by atoms with van der Waals surface area (Å²) < 4.78 is 1.56. The van der Waals surface area contributed by atoms with Gasteiger partial charge in [0.05, 0.1) is 19.0 Å². The predicted molar refractivity (Wildman–Crippen MR) is 138 cm³/mol. The molecule has 4 rings (SSSR count). The number of aromatic nitrogens is 1. The molecular formula is C27H28ClN3O5. The first-order chi connectivity index (χ1) is 17.2. The van der Waals surface area contributed by atoms with Gasteiger partial charge in [0.1, 0.15) is 5.75 Å². The number of carbonyl (C=O) groups excluding carboxylic acids is 1. The van der Waals surface area contributed by atoms with Crippen molar-refractivity contribution < 1.29 is 19.8 Å². The van der Waals surface area contributed by atoms with E-state index in [1.807, 2.05) is 38.1 Å². The molecule has 3 aromatic rings. The molecule has 36 heavy (non-hydrogen) atoms. The van der Waals surface area contributed by atoms with Gasteiger partial charge in [0, 0.05) is 16.3 Å². The van der Waals surface area contributed by atoms with E-state index >= 15 is 0 Å². The molecule has 0 radical (unpaired) electrons. The Labute approximate surface area is 213 Å². The van der Waals surface area contributed by atoms with Crippen molar-refractivity contribution in [2.45, 2.75) is 52.1 Å². The summed E-state index contributed by atoms with van der Waals surface area (Å²) >= 11 is 6.41. The fourth-order valence-corrected chi connectivity index (χ4v) is 4.91. The maximum Gasteiger partial charge on any atom is 0.319 e. The highest BCUT2D eigenvalue weighted by molar-refractivity contribution is 6.31. The van der Waals surface area contributed by atoms with Crippen molar-refractivity contribution in [2.24, 2.45) is 0 Å². The number of fused-ring (bicyclic) bond motifs is 1. The summed E-state index contributed by atoms with van der Waals surface area (Å²) in [5.74, 6) is -1.33.